The summed E-state index contributed by atoms with van der Waals surface area (Å²) in [5.41, 5.74) is 2.67. The van der Waals surface area contributed by atoms with Crippen molar-refractivity contribution >= 4 is 17.5 Å². The highest BCUT2D eigenvalue weighted by atomic mass is 35.5. The number of amides is 1. The van der Waals surface area contributed by atoms with Crippen LogP contribution in [0.25, 0.3) is 0 Å². The molecule has 2 aromatic rings. The molecule has 2 atom stereocenters. The van der Waals surface area contributed by atoms with Crippen LogP contribution in [0.15, 0.2) is 42.5 Å². The smallest absolute Gasteiger partial charge is 0.230 e. The summed E-state index contributed by atoms with van der Waals surface area (Å²) in [6.07, 6.45) is 5.22. The van der Waals surface area contributed by atoms with E-state index in [1.807, 2.05) is 48.2 Å². The highest BCUT2D eigenvalue weighted by Crippen LogP contribution is 2.42. The van der Waals surface area contributed by atoms with E-state index in [1.54, 1.807) is 6.07 Å². The fraction of sp³-hybridized carbons (Fsp3) is 0.536. The van der Waals surface area contributed by atoms with Gasteiger partial charge in [0.2, 0.25) is 5.91 Å². The summed E-state index contributed by atoms with van der Waals surface area (Å²) in [6, 6.07) is 13.5. The Morgan fingerprint density at radius 2 is 2.03 bits per heavy atom. The zero-order valence-corrected chi connectivity index (χ0v) is 20.8. The van der Waals surface area contributed by atoms with E-state index in [4.69, 9.17) is 16.3 Å². The minimum atomic E-state index is -0.442. The Morgan fingerprint density at radius 3 is 2.82 bits per heavy atom. The molecule has 2 aliphatic heterocycles. The summed E-state index contributed by atoms with van der Waals surface area (Å²) in [7, 11) is 0. The van der Waals surface area contributed by atoms with Gasteiger partial charge in [-0.25, -0.2) is 0 Å². The molecule has 0 radical (unpaired) electrons. The summed E-state index contributed by atoms with van der Waals surface area (Å²) in [6.45, 7) is 6.34. The number of aromatic hydroxyl groups is 1. The van der Waals surface area contributed by atoms with Gasteiger partial charge in [-0.05, 0) is 75.3 Å². The molecule has 2 aromatic carbocycles. The third-order valence-corrected chi connectivity index (χ3v) is 7.83. The van der Waals surface area contributed by atoms with Gasteiger partial charge < -0.3 is 14.7 Å². The van der Waals surface area contributed by atoms with E-state index in [9.17, 15) is 9.90 Å². The maximum absolute atomic E-state index is 14.0. The summed E-state index contributed by atoms with van der Waals surface area (Å²) in [5, 5.41) is 11.1. The lowest BCUT2D eigenvalue weighted by Gasteiger charge is -2.49. The molecule has 1 amide bonds. The lowest BCUT2D eigenvalue weighted by atomic mass is 9.72. The average molecular weight is 483 g/mol. The molecule has 6 heteroatoms. The molecule has 2 heterocycles. The van der Waals surface area contributed by atoms with Crippen molar-refractivity contribution in [1.82, 2.24) is 9.80 Å². The van der Waals surface area contributed by atoms with Crippen molar-refractivity contribution in [3.63, 3.8) is 0 Å². The molecule has 0 bridgehead atoms. The van der Waals surface area contributed by atoms with Gasteiger partial charge >= 0.3 is 0 Å². The molecule has 182 valence electrons. The Bertz CT molecular complexity index is 1040. The van der Waals surface area contributed by atoms with Gasteiger partial charge in [0.25, 0.3) is 0 Å². The molecular formula is C28H35ClN2O3. The lowest BCUT2D eigenvalue weighted by molar-refractivity contribution is -0.161. The number of phenols is 1. The second kappa shape index (κ2) is 9.88. The number of phenolic OH excluding ortho intramolecular Hbond substituents is 1. The Hall–Kier alpha value is -2.08. The Labute approximate surface area is 207 Å². The molecule has 3 aliphatic rings. The SMILES string of the molecule is Cc1ccc(O)c(CN2CCC[C@]3(C[C@H](OCC4CC4)CN(Cc4cccc(Cl)c4)C3=O)C2)c1. The standard InChI is InChI=1S/C28H35ClN2O3/c1-20-6-9-26(32)23(12-20)16-30-11-3-10-28(19-30)14-25(34-18-21-7-8-21)17-31(27(28)33)15-22-4-2-5-24(29)13-22/h2,4-6,9,12-13,21,25,32H,3,7-8,10-11,14-19H2,1H3/t25-,28-/m0/s1. The van der Waals surface area contributed by atoms with Crippen LogP contribution in [0, 0.1) is 18.3 Å². The minimum absolute atomic E-state index is 0.0600. The van der Waals surface area contributed by atoms with Crippen molar-refractivity contribution in [3.8, 4) is 5.75 Å². The molecule has 1 saturated carbocycles. The average Bonchev–Trinajstić information content (AvgIpc) is 3.63. The molecule has 1 aliphatic carbocycles. The molecule has 5 nitrogen and oxygen atoms in total. The molecule has 5 rings (SSSR count). The zero-order chi connectivity index (χ0) is 23.7. The van der Waals surface area contributed by atoms with E-state index in [0.29, 0.717) is 42.9 Å². The number of rotatable bonds is 7. The predicted molar refractivity (Wildman–Crippen MR) is 134 cm³/mol. The van der Waals surface area contributed by atoms with Crippen LogP contribution in [0.3, 0.4) is 0 Å². The van der Waals surface area contributed by atoms with Crippen LogP contribution < -0.4 is 0 Å². The number of ether oxygens (including phenoxy) is 1. The van der Waals surface area contributed by atoms with Gasteiger partial charge in [0.05, 0.1) is 11.5 Å². The van der Waals surface area contributed by atoms with E-state index in [2.05, 4.69) is 4.90 Å². The quantitative estimate of drug-likeness (QED) is 0.592. The maximum Gasteiger partial charge on any atom is 0.230 e. The largest absolute Gasteiger partial charge is 0.508 e. The summed E-state index contributed by atoms with van der Waals surface area (Å²) < 4.78 is 6.38. The molecule has 0 unspecified atom stereocenters. The van der Waals surface area contributed by atoms with Gasteiger partial charge in [-0.2, -0.15) is 0 Å². The minimum Gasteiger partial charge on any atom is -0.508 e. The van der Waals surface area contributed by atoms with Gasteiger partial charge in [0, 0.05) is 43.4 Å². The second-order valence-corrected chi connectivity index (χ2v) is 11.1. The zero-order valence-electron chi connectivity index (χ0n) is 20.0. The third kappa shape index (κ3) is 5.42. The first-order valence-electron chi connectivity index (χ1n) is 12.6. The summed E-state index contributed by atoms with van der Waals surface area (Å²) >= 11 is 6.23. The van der Waals surface area contributed by atoms with E-state index in [1.165, 1.54) is 12.8 Å². The van der Waals surface area contributed by atoms with Crippen LogP contribution in [0.2, 0.25) is 5.02 Å². The van der Waals surface area contributed by atoms with Gasteiger partial charge in [-0.15, -0.1) is 0 Å². The van der Waals surface area contributed by atoms with Crippen molar-refractivity contribution in [2.45, 2.75) is 58.2 Å². The van der Waals surface area contributed by atoms with Crippen LogP contribution in [0.4, 0.5) is 0 Å². The number of halogens is 1. The number of nitrogens with zero attached hydrogens (tertiary/aromatic N) is 2. The van der Waals surface area contributed by atoms with Crippen LogP contribution >= 0.6 is 11.6 Å². The molecular weight excluding hydrogens is 448 g/mol. The fourth-order valence-corrected chi connectivity index (χ4v) is 5.91. The van der Waals surface area contributed by atoms with E-state index >= 15 is 0 Å². The maximum atomic E-state index is 14.0. The number of hydrogen-bond donors (Lipinski definition) is 1. The van der Waals surface area contributed by atoms with E-state index in [0.717, 1.165) is 49.1 Å². The Balaban J connectivity index is 1.36. The highest BCUT2D eigenvalue weighted by molar-refractivity contribution is 6.30. The third-order valence-electron chi connectivity index (χ3n) is 7.60. The molecule has 1 spiro atoms. The summed E-state index contributed by atoms with van der Waals surface area (Å²) in [5.74, 6) is 1.26. The number of likely N-dealkylation sites (tertiary alicyclic amines) is 2. The number of piperidine rings is 2. The van der Waals surface area contributed by atoms with Crippen molar-refractivity contribution in [3.05, 3.63) is 64.2 Å². The van der Waals surface area contributed by atoms with E-state index < -0.39 is 5.41 Å². The van der Waals surface area contributed by atoms with Crippen molar-refractivity contribution in [1.29, 1.82) is 0 Å². The van der Waals surface area contributed by atoms with Crippen LogP contribution in [-0.2, 0) is 22.6 Å². The first kappa shape index (κ1) is 23.7. The number of hydrogen-bond acceptors (Lipinski definition) is 4. The molecule has 1 N–H and O–H groups in total. The monoisotopic (exact) mass is 482 g/mol. The molecule has 2 saturated heterocycles. The Morgan fingerprint density at radius 1 is 1.18 bits per heavy atom. The van der Waals surface area contributed by atoms with E-state index in [-0.39, 0.29) is 12.0 Å². The van der Waals surface area contributed by atoms with Crippen molar-refractivity contribution in [2.24, 2.45) is 11.3 Å². The number of carbonyl (C=O) groups is 1. The predicted octanol–water partition coefficient (Wildman–Crippen LogP) is 5.16. The lowest BCUT2D eigenvalue weighted by Crippen LogP contribution is -2.59. The normalized spacial score (nSPS) is 25.8. The molecule has 34 heavy (non-hydrogen) atoms. The van der Waals surface area contributed by atoms with Crippen LogP contribution in [0.1, 0.15) is 48.8 Å². The highest BCUT2D eigenvalue weighted by Gasteiger charge is 2.49. The first-order valence-corrected chi connectivity index (χ1v) is 12.9. The van der Waals surface area contributed by atoms with Gasteiger partial charge in [-0.1, -0.05) is 41.4 Å². The summed E-state index contributed by atoms with van der Waals surface area (Å²) in [4.78, 5) is 18.3. The first-order chi connectivity index (χ1) is 16.4. The molecule has 0 aromatic heterocycles. The topological polar surface area (TPSA) is 53.0 Å². The van der Waals surface area contributed by atoms with Gasteiger partial charge in [0.1, 0.15) is 5.75 Å². The van der Waals surface area contributed by atoms with Gasteiger partial charge in [-0.3, -0.25) is 9.69 Å². The molecule has 3 fully saturated rings. The van der Waals surface area contributed by atoms with Crippen molar-refractivity contribution < 1.29 is 14.6 Å². The second-order valence-electron chi connectivity index (χ2n) is 10.6. The van der Waals surface area contributed by atoms with Crippen molar-refractivity contribution in [2.75, 3.05) is 26.2 Å². The number of benzene rings is 2. The Kier molecular flexibility index (Phi) is 6.88. The number of aryl methyl sites for hydroxylation is 1. The number of carbonyl (C=O) groups excluding carboxylic acids is 1. The van der Waals surface area contributed by atoms with Gasteiger partial charge in [0.15, 0.2) is 0 Å². The fourth-order valence-electron chi connectivity index (χ4n) is 5.70. The van der Waals surface area contributed by atoms with Crippen LogP contribution in [-0.4, -0.2) is 53.2 Å². The van der Waals surface area contributed by atoms with Crippen LogP contribution in [0.5, 0.6) is 5.75 Å².